The second-order valence-electron chi connectivity index (χ2n) is 5.83. The first-order valence-corrected chi connectivity index (χ1v) is 8.25. The molecular formula is C22H16F3NO. The van der Waals surface area contributed by atoms with Crippen LogP contribution in [0.3, 0.4) is 0 Å². The number of hydrogen-bond acceptors (Lipinski definition) is 1. The molecule has 3 aromatic carbocycles. The Bertz CT molecular complexity index is 948. The molecule has 0 aliphatic rings. The van der Waals surface area contributed by atoms with Crippen molar-refractivity contribution >= 4 is 23.2 Å². The van der Waals surface area contributed by atoms with Crippen molar-refractivity contribution in [3.63, 3.8) is 0 Å². The molecular weight excluding hydrogens is 351 g/mol. The van der Waals surface area contributed by atoms with Gasteiger partial charge >= 0.3 is 6.18 Å². The molecule has 0 aromatic heterocycles. The van der Waals surface area contributed by atoms with Gasteiger partial charge in [-0.05, 0) is 29.3 Å². The van der Waals surface area contributed by atoms with Gasteiger partial charge in [-0.25, -0.2) is 0 Å². The first-order valence-electron chi connectivity index (χ1n) is 8.25. The molecule has 1 amide bonds. The van der Waals surface area contributed by atoms with Gasteiger partial charge in [0, 0.05) is 5.57 Å². The first kappa shape index (κ1) is 18.5. The van der Waals surface area contributed by atoms with Crippen LogP contribution in [0.15, 0.2) is 84.9 Å². The Labute approximate surface area is 155 Å². The summed E-state index contributed by atoms with van der Waals surface area (Å²) in [5.74, 6) is -0.609. The molecule has 0 bridgehead atoms. The van der Waals surface area contributed by atoms with Crippen LogP contribution in [-0.4, -0.2) is 5.91 Å². The Morgan fingerprint density at radius 3 is 1.96 bits per heavy atom. The van der Waals surface area contributed by atoms with Crippen molar-refractivity contribution in [1.29, 1.82) is 0 Å². The fourth-order valence-electron chi connectivity index (χ4n) is 2.64. The SMILES string of the molecule is O=C(Nc1ccccc1C(F)(F)F)C(=Cc1ccccc1)c1ccccc1. The van der Waals surface area contributed by atoms with Crippen LogP contribution in [0.4, 0.5) is 18.9 Å². The molecule has 0 fully saturated rings. The van der Waals surface area contributed by atoms with E-state index in [1.54, 1.807) is 36.4 Å². The largest absolute Gasteiger partial charge is 0.418 e. The molecule has 0 spiro atoms. The van der Waals surface area contributed by atoms with E-state index in [1.165, 1.54) is 18.2 Å². The molecule has 0 saturated carbocycles. The monoisotopic (exact) mass is 367 g/mol. The van der Waals surface area contributed by atoms with E-state index in [0.29, 0.717) is 5.56 Å². The number of hydrogen-bond donors (Lipinski definition) is 1. The van der Waals surface area contributed by atoms with Crippen LogP contribution in [0.1, 0.15) is 16.7 Å². The van der Waals surface area contributed by atoms with Gasteiger partial charge in [-0.2, -0.15) is 13.2 Å². The van der Waals surface area contributed by atoms with Crippen LogP contribution in [-0.2, 0) is 11.0 Å². The number of alkyl halides is 3. The second kappa shape index (κ2) is 7.91. The van der Waals surface area contributed by atoms with Crippen LogP contribution in [0, 0.1) is 0 Å². The number of carbonyl (C=O) groups excluding carboxylic acids is 1. The fraction of sp³-hybridized carbons (Fsp3) is 0.0455. The van der Waals surface area contributed by atoms with Crippen molar-refractivity contribution in [1.82, 2.24) is 0 Å². The normalized spacial score (nSPS) is 11.9. The Kier molecular flexibility index (Phi) is 5.41. The number of anilines is 1. The highest BCUT2D eigenvalue weighted by Crippen LogP contribution is 2.35. The fourth-order valence-corrected chi connectivity index (χ4v) is 2.64. The maximum atomic E-state index is 13.2. The smallest absolute Gasteiger partial charge is 0.321 e. The Morgan fingerprint density at radius 1 is 0.778 bits per heavy atom. The van der Waals surface area contributed by atoms with Gasteiger partial charge < -0.3 is 5.32 Å². The molecule has 0 aliphatic carbocycles. The number of nitrogens with one attached hydrogen (secondary N) is 1. The summed E-state index contributed by atoms with van der Waals surface area (Å²) in [6.07, 6.45) is -2.90. The molecule has 0 atom stereocenters. The average molecular weight is 367 g/mol. The molecule has 3 aromatic rings. The topological polar surface area (TPSA) is 29.1 Å². The molecule has 27 heavy (non-hydrogen) atoms. The van der Waals surface area contributed by atoms with E-state index in [9.17, 15) is 18.0 Å². The summed E-state index contributed by atoms with van der Waals surface area (Å²) in [5.41, 5.74) is 0.507. The maximum absolute atomic E-state index is 13.2. The third kappa shape index (κ3) is 4.64. The number of halogens is 3. The minimum atomic E-state index is -4.56. The number of carbonyl (C=O) groups is 1. The first-order chi connectivity index (χ1) is 12.9. The van der Waals surface area contributed by atoms with Crippen LogP contribution in [0.2, 0.25) is 0 Å². The molecule has 2 nitrogen and oxygen atoms in total. The summed E-state index contributed by atoms with van der Waals surface area (Å²) >= 11 is 0. The Morgan fingerprint density at radius 2 is 1.33 bits per heavy atom. The van der Waals surface area contributed by atoms with Gasteiger partial charge in [-0.15, -0.1) is 0 Å². The lowest BCUT2D eigenvalue weighted by atomic mass is 10.0. The minimum absolute atomic E-state index is 0.273. The third-order valence-electron chi connectivity index (χ3n) is 3.92. The molecule has 136 valence electrons. The maximum Gasteiger partial charge on any atom is 0.418 e. The number of amides is 1. The number of rotatable bonds is 4. The van der Waals surface area contributed by atoms with Crippen molar-refractivity contribution in [3.8, 4) is 0 Å². The lowest BCUT2D eigenvalue weighted by Crippen LogP contribution is -2.17. The van der Waals surface area contributed by atoms with E-state index in [1.807, 2.05) is 30.3 Å². The van der Waals surface area contributed by atoms with E-state index in [-0.39, 0.29) is 11.3 Å². The zero-order valence-corrected chi connectivity index (χ0v) is 14.2. The molecule has 0 radical (unpaired) electrons. The van der Waals surface area contributed by atoms with Gasteiger partial charge in [0.05, 0.1) is 11.3 Å². The molecule has 0 unspecified atom stereocenters. The van der Waals surface area contributed by atoms with Gasteiger partial charge in [0.2, 0.25) is 0 Å². The quantitative estimate of drug-likeness (QED) is 0.452. The zero-order chi connectivity index (χ0) is 19.3. The van der Waals surface area contributed by atoms with Gasteiger partial charge in [0.1, 0.15) is 0 Å². The Hall–Kier alpha value is -3.34. The van der Waals surface area contributed by atoms with E-state index in [4.69, 9.17) is 0 Å². The molecule has 0 heterocycles. The second-order valence-corrected chi connectivity index (χ2v) is 5.83. The van der Waals surface area contributed by atoms with Gasteiger partial charge in [0.15, 0.2) is 0 Å². The van der Waals surface area contributed by atoms with Crippen molar-refractivity contribution in [2.45, 2.75) is 6.18 Å². The summed E-state index contributed by atoms with van der Waals surface area (Å²) in [7, 11) is 0. The zero-order valence-electron chi connectivity index (χ0n) is 14.2. The van der Waals surface area contributed by atoms with Gasteiger partial charge in [-0.3, -0.25) is 4.79 Å². The highest BCUT2D eigenvalue weighted by molar-refractivity contribution is 6.29. The molecule has 0 aliphatic heterocycles. The predicted molar refractivity (Wildman–Crippen MR) is 101 cm³/mol. The summed E-state index contributed by atoms with van der Waals surface area (Å²) in [6, 6.07) is 22.9. The average Bonchev–Trinajstić information content (AvgIpc) is 2.67. The highest BCUT2D eigenvalue weighted by atomic mass is 19.4. The van der Waals surface area contributed by atoms with Crippen molar-refractivity contribution < 1.29 is 18.0 Å². The van der Waals surface area contributed by atoms with Crippen LogP contribution in [0.25, 0.3) is 11.6 Å². The van der Waals surface area contributed by atoms with E-state index in [2.05, 4.69) is 5.32 Å². The Balaban J connectivity index is 2.00. The predicted octanol–water partition coefficient (Wildman–Crippen LogP) is 5.88. The van der Waals surface area contributed by atoms with Gasteiger partial charge in [-0.1, -0.05) is 72.8 Å². The highest BCUT2D eigenvalue weighted by Gasteiger charge is 2.33. The summed E-state index contributed by atoms with van der Waals surface area (Å²) in [4.78, 5) is 12.8. The molecule has 5 heteroatoms. The van der Waals surface area contributed by atoms with Crippen LogP contribution >= 0.6 is 0 Å². The van der Waals surface area contributed by atoms with Crippen molar-refractivity contribution in [2.75, 3.05) is 5.32 Å². The summed E-state index contributed by atoms with van der Waals surface area (Å²) < 4.78 is 39.6. The standard InChI is InChI=1S/C22H16F3NO/c23-22(24,25)19-13-7-8-14-20(19)26-21(27)18(17-11-5-2-6-12-17)15-16-9-3-1-4-10-16/h1-15H,(H,26,27). The van der Waals surface area contributed by atoms with E-state index in [0.717, 1.165) is 11.6 Å². The van der Waals surface area contributed by atoms with Crippen LogP contribution in [0.5, 0.6) is 0 Å². The van der Waals surface area contributed by atoms with Crippen molar-refractivity contribution in [3.05, 3.63) is 102 Å². The molecule has 0 saturated heterocycles. The van der Waals surface area contributed by atoms with Gasteiger partial charge in [0.25, 0.3) is 5.91 Å². The summed E-state index contributed by atoms with van der Waals surface area (Å²) in [6.45, 7) is 0. The van der Waals surface area contributed by atoms with E-state index >= 15 is 0 Å². The van der Waals surface area contributed by atoms with Crippen molar-refractivity contribution in [2.24, 2.45) is 0 Å². The van der Waals surface area contributed by atoms with Crippen LogP contribution < -0.4 is 5.32 Å². The lowest BCUT2D eigenvalue weighted by molar-refractivity contribution is -0.136. The molecule has 1 N–H and O–H groups in total. The number of para-hydroxylation sites is 1. The molecule has 3 rings (SSSR count). The third-order valence-corrected chi connectivity index (χ3v) is 3.92. The summed E-state index contributed by atoms with van der Waals surface area (Å²) in [5, 5.41) is 2.41. The lowest BCUT2D eigenvalue weighted by Gasteiger charge is -2.15. The number of benzene rings is 3. The minimum Gasteiger partial charge on any atom is -0.321 e. The van der Waals surface area contributed by atoms with E-state index < -0.39 is 17.6 Å².